The molecule has 2 bridgehead atoms. The highest BCUT2D eigenvalue weighted by atomic mass is 35.5. The van der Waals surface area contributed by atoms with Gasteiger partial charge in [-0.05, 0) is 60.4 Å². The average Bonchev–Trinajstić information content (AvgIpc) is 3.52. The second-order valence-corrected chi connectivity index (χ2v) is 9.93. The minimum absolute atomic E-state index is 0.0551. The number of carbonyl (C=O) groups excluding carboxylic acids is 4. The van der Waals surface area contributed by atoms with Gasteiger partial charge < -0.3 is 4.74 Å². The molecule has 2 amide bonds. The molecule has 6 atom stereocenters. The Morgan fingerprint density at radius 1 is 1.00 bits per heavy atom. The van der Waals surface area contributed by atoms with Crippen molar-refractivity contribution in [2.24, 2.45) is 23.7 Å². The fourth-order valence-corrected chi connectivity index (χ4v) is 6.43. The maximum atomic E-state index is 13.3. The normalized spacial score (nSPS) is 27.7. The molecule has 6 nitrogen and oxygen atoms in total. The van der Waals surface area contributed by atoms with Crippen LogP contribution in [0.3, 0.4) is 0 Å². The highest BCUT2D eigenvalue weighted by Gasteiger charge is 2.64. The lowest BCUT2D eigenvalue weighted by atomic mass is 9.73. The van der Waals surface area contributed by atoms with E-state index in [4.69, 9.17) is 16.3 Å². The summed E-state index contributed by atoms with van der Waals surface area (Å²) >= 11 is 5.80. The maximum absolute atomic E-state index is 13.3. The van der Waals surface area contributed by atoms with Crippen LogP contribution in [0.15, 0.2) is 54.6 Å². The number of carbonyl (C=O) groups is 4. The van der Waals surface area contributed by atoms with Crippen LogP contribution in [0.25, 0.3) is 0 Å². The molecule has 0 radical (unpaired) electrons. The van der Waals surface area contributed by atoms with Crippen LogP contribution in [-0.4, -0.2) is 47.0 Å². The number of ketones is 1. The minimum atomic E-state index is -1.18. The number of amides is 2. The summed E-state index contributed by atoms with van der Waals surface area (Å²) in [4.78, 5) is 52.9. The molecule has 1 heterocycles. The lowest BCUT2D eigenvalue weighted by Crippen LogP contribution is -2.40. The number of hydrogen-bond donors (Lipinski definition) is 0. The number of fused-ring (bicyclic) bond motifs is 5. The highest BCUT2D eigenvalue weighted by molar-refractivity contribution is 6.18. The Morgan fingerprint density at radius 3 is 2.37 bits per heavy atom. The molecule has 2 aromatic rings. The third-order valence-corrected chi connectivity index (χ3v) is 7.91. The van der Waals surface area contributed by atoms with E-state index in [-0.39, 0.29) is 53.4 Å². The Hall–Kier alpha value is -3.06. The molecule has 1 aliphatic heterocycles. The third kappa shape index (κ3) is 4.27. The summed E-state index contributed by atoms with van der Waals surface area (Å²) in [6, 6.07) is 14.9. The topological polar surface area (TPSA) is 80.8 Å². The third-order valence-electron chi connectivity index (χ3n) is 7.69. The Kier molecular flexibility index (Phi) is 6.45. The summed E-state index contributed by atoms with van der Waals surface area (Å²) in [5.41, 5.74) is 1.36. The van der Waals surface area contributed by atoms with Crippen molar-refractivity contribution in [3.05, 3.63) is 71.5 Å². The van der Waals surface area contributed by atoms with E-state index in [1.54, 1.807) is 0 Å². The van der Waals surface area contributed by atoms with Gasteiger partial charge in [0.1, 0.15) is 12.4 Å². The Balaban J connectivity index is 1.27. The van der Waals surface area contributed by atoms with Gasteiger partial charge in [0.05, 0.1) is 11.8 Å². The first-order chi connectivity index (χ1) is 16.9. The molecule has 35 heavy (non-hydrogen) atoms. The molecule has 2 aromatic carbocycles. The van der Waals surface area contributed by atoms with E-state index in [2.05, 4.69) is 12.1 Å². The number of nitrogens with zero attached hydrogens (tertiary/aromatic N) is 1. The number of alkyl halides is 1. The molecule has 3 aliphatic rings. The van der Waals surface area contributed by atoms with Gasteiger partial charge in [0.2, 0.25) is 17.6 Å². The summed E-state index contributed by atoms with van der Waals surface area (Å²) < 4.78 is 18.6. The summed E-state index contributed by atoms with van der Waals surface area (Å²) in [7, 11) is 0. The smallest absolute Gasteiger partial charge is 0.326 e. The fraction of sp³-hybridized carbons (Fsp3) is 0.407. The standard InChI is InChI=1S/C27H25ClFNO5/c28-11-10-21(25(32)16-6-8-18(29)9-7-16)35-22(31)14-30-26(33)23-17-12-19(15-4-2-1-3-5-15)20(13-17)24(23)27(30)34/h1-9,17,19-21,23-24H,10-14H2. The summed E-state index contributed by atoms with van der Waals surface area (Å²) in [5, 5.41) is 0. The van der Waals surface area contributed by atoms with Gasteiger partial charge in [-0.1, -0.05) is 30.3 Å². The number of rotatable bonds is 8. The number of benzene rings is 2. The van der Waals surface area contributed by atoms with Crippen molar-refractivity contribution in [1.29, 1.82) is 0 Å². The highest BCUT2D eigenvalue weighted by Crippen LogP contribution is 2.61. The van der Waals surface area contributed by atoms with Crippen molar-refractivity contribution < 1.29 is 28.3 Å². The van der Waals surface area contributed by atoms with Crippen molar-refractivity contribution in [3.63, 3.8) is 0 Å². The number of ether oxygens (including phenoxy) is 1. The van der Waals surface area contributed by atoms with Crippen LogP contribution in [0, 0.1) is 29.5 Å². The molecule has 182 valence electrons. The van der Waals surface area contributed by atoms with Crippen molar-refractivity contribution in [3.8, 4) is 0 Å². The molecule has 0 N–H and O–H groups in total. The molecular formula is C27H25ClFNO5. The number of imide groups is 1. The minimum Gasteiger partial charge on any atom is -0.453 e. The van der Waals surface area contributed by atoms with E-state index < -0.39 is 36.1 Å². The Labute approximate surface area is 207 Å². The van der Waals surface area contributed by atoms with Gasteiger partial charge in [-0.2, -0.15) is 0 Å². The van der Waals surface area contributed by atoms with Gasteiger partial charge in [-0.3, -0.25) is 24.1 Å². The van der Waals surface area contributed by atoms with Crippen LogP contribution >= 0.6 is 11.6 Å². The summed E-state index contributed by atoms with van der Waals surface area (Å²) in [6.45, 7) is -0.532. The molecule has 3 fully saturated rings. The van der Waals surface area contributed by atoms with Crippen LogP contribution in [0.2, 0.25) is 0 Å². The quantitative estimate of drug-likeness (QED) is 0.238. The average molecular weight is 498 g/mol. The zero-order valence-corrected chi connectivity index (χ0v) is 19.7. The summed E-state index contributed by atoms with van der Waals surface area (Å²) in [5.74, 6) is -2.83. The van der Waals surface area contributed by atoms with E-state index in [0.717, 1.165) is 29.9 Å². The van der Waals surface area contributed by atoms with E-state index in [0.29, 0.717) is 0 Å². The SMILES string of the molecule is O=C(CN1C(=O)C2C3CC(c4ccccc4)C(C3)C2C1=O)OC(CCCl)C(=O)c1ccc(F)cc1. The van der Waals surface area contributed by atoms with E-state index in [9.17, 15) is 23.6 Å². The molecule has 8 heteroatoms. The second-order valence-electron chi connectivity index (χ2n) is 9.55. The molecule has 2 aliphatic carbocycles. The predicted octanol–water partition coefficient (Wildman–Crippen LogP) is 3.97. The first-order valence-electron chi connectivity index (χ1n) is 11.8. The van der Waals surface area contributed by atoms with Crippen LogP contribution in [0.5, 0.6) is 0 Å². The molecule has 0 aromatic heterocycles. The number of hydrogen-bond acceptors (Lipinski definition) is 5. The van der Waals surface area contributed by atoms with Gasteiger partial charge in [-0.15, -0.1) is 11.6 Å². The van der Waals surface area contributed by atoms with Gasteiger partial charge in [0.25, 0.3) is 0 Å². The number of Topliss-reactive ketones (excluding diaryl/α,β-unsaturated/α-hetero) is 1. The van der Waals surface area contributed by atoms with Crippen LogP contribution in [0.1, 0.15) is 41.1 Å². The van der Waals surface area contributed by atoms with Crippen molar-refractivity contribution in [2.45, 2.75) is 31.3 Å². The second kappa shape index (κ2) is 9.53. The largest absolute Gasteiger partial charge is 0.453 e. The number of esters is 1. The lowest BCUT2D eigenvalue weighted by molar-refractivity contribution is -0.155. The monoisotopic (exact) mass is 497 g/mol. The van der Waals surface area contributed by atoms with Gasteiger partial charge in [-0.25, -0.2) is 4.39 Å². The van der Waals surface area contributed by atoms with E-state index in [1.807, 2.05) is 18.2 Å². The first kappa shape index (κ1) is 23.7. The van der Waals surface area contributed by atoms with Crippen LogP contribution in [-0.2, 0) is 19.1 Å². The number of halogens is 2. The molecule has 5 rings (SSSR count). The van der Waals surface area contributed by atoms with Gasteiger partial charge in [0, 0.05) is 17.9 Å². The van der Waals surface area contributed by atoms with Crippen molar-refractivity contribution >= 4 is 35.2 Å². The zero-order chi connectivity index (χ0) is 24.7. The molecule has 2 saturated carbocycles. The van der Waals surface area contributed by atoms with Crippen molar-refractivity contribution in [2.75, 3.05) is 12.4 Å². The fourth-order valence-electron chi connectivity index (χ4n) is 6.23. The van der Waals surface area contributed by atoms with Crippen LogP contribution in [0.4, 0.5) is 4.39 Å². The van der Waals surface area contributed by atoms with Crippen molar-refractivity contribution in [1.82, 2.24) is 4.90 Å². The van der Waals surface area contributed by atoms with Crippen LogP contribution < -0.4 is 0 Å². The van der Waals surface area contributed by atoms with Gasteiger partial charge >= 0.3 is 5.97 Å². The Bertz CT molecular complexity index is 1150. The van der Waals surface area contributed by atoms with Gasteiger partial charge in [0.15, 0.2) is 6.10 Å². The summed E-state index contributed by atoms with van der Waals surface area (Å²) in [6.07, 6.45) is 0.571. The zero-order valence-electron chi connectivity index (χ0n) is 18.9. The number of likely N-dealkylation sites (tertiary alicyclic amines) is 1. The van der Waals surface area contributed by atoms with E-state index >= 15 is 0 Å². The predicted molar refractivity (Wildman–Crippen MR) is 125 cm³/mol. The molecule has 1 saturated heterocycles. The molecular weight excluding hydrogens is 473 g/mol. The first-order valence-corrected chi connectivity index (χ1v) is 12.4. The maximum Gasteiger partial charge on any atom is 0.326 e. The van der Waals surface area contributed by atoms with E-state index in [1.165, 1.54) is 17.7 Å². The lowest BCUT2D eigenvalue weighted by Gasteiger charge is -2.28. The molecule has 6 unspecified atom stereocenters. The molecule has 0 spiro atoms. The Morgan fingerprint density at radius 2 is 1.69 bits per heavy atom.